The summed E-state index contributed by atoms with van der Waals surface area (Å²) in [6.45, 7) is 3.62. The first kappa shape index (κ1) is 27.4. The molecule has 0 saturated carbocycles. The van der Waals surface area contributed by atoms with Crippen LogP contribution in [-0.2, 0) is 10.4 Å². The Hall–Kier alpha value is -2.65. The normalized spacial score (nSPS) is 19.5. The third-order valence-electron chi connectivity index (χ3n) is 7.65. The maximum Gasteiger partial charge on any atom is 0.430 e. The third kappa shape index (κ3) is 5.77. The summed E-state index contributed by atoms with van der Waals surface area (Å²) in [6, 6.07) is 8.86. The number of pyridine rings is 1. The molecule has 0 spiro atoms. The molecular formula is C27H31ClF3N3O3. The van der Waals surface area contributed by atoms with E-state index in [4.69, 9.17) is 11.6 Å². The van der Waals surface area contributed by atoms with Crippen LogP contribution in [0.15, 0.2) is 36.4 Å². The molecule has 2 aromatic rings. The van der Waals surface area contributed by atoms with Crippen LogP contribution in [0.2, 0.25) is 5.15 Å². The van der Waals surface area contributed by atoms with Gasteiger partial charge in [-0.05, 0) is 63.0 Å². The number of benzene rings is 1. The lowest BCUT2D eigenvalue weighted by atomic mass is 9.82. The Morgan fingerprint density at radius 1 is 1.08 bits per heavy atom. The maximum absolute atomic E-state index is 14.0. The van der Waals surface area contributed by atoms with Crippen molar-refractivity contribution in [2.75, 3.05) is 31.1 Å². The number of halogens is 4. The molecule has 2 saturated heterocycles. The van der Waals surface area contributed by atoms with E-state index in [1.54, 1.807) is 25.1 Å². The zero-order chi connectivity index (χ0) is 26.8. The highest BCUT2D eigenvalue weighted by molar-refractivity contribution is 6.31. The van der Waals surface area contributed by atoms with Crippen molar-refractivity contribution in [3.05, 3.63) is 58.2 Å². The topological polar surface area (TPSA) is 73.7 Å². The second-order valence-corrected chi connectivity index (χ2v) is 10.5. The minimum absolute atomic E-state index is 0.191. The lowest BCUT2D eigenvalue weighted by molar-refractivity contribution is -0.262. The largest absolute Gasteiger partial charge is 0.430 e. The van der Waals surface area contributed by atoms with E-state index in [1.165, 1.54) is 12.1 Å². The number of alkyl halides is 3. The third-order valence-corrected chi connectivity index (χ3v) is 7.96. The first-order valence-corrected chi connectivity index (χ1v) is 12.9. The molecule has 0 aliphatic carbocycles. The van der Waals surface area contributed by atoms with Gasteiger partial charge in [0.25, 0.3) is 11.5 Å². The van der Waals surface area contributed by atoms with Crippen molar-refractivity contribution in [1.29, 1.82) is 0 Å². The SMILES string of the molecule is Cc1cccc(C(O)(C(=O)N2CCC(CC3CCN(c4ccc(C=O)c(Cl)n4)CC3)CC2)C(F)(F)F)c1. The van der Waals surface area contributed by atoms with Crippen molar-refractivity contribution in [3.63, 3.8) is 0 Å². The van der Waals surface area contributed by atoms with Crippen molar-refractivity contribution >= 4 is 29.6 Å². The summed E-state index contributed by atoms with van der Waals surface area (Å²) < 4.78 is 42.0. The highest BCUT2D eigenvalue weighted by atomic mass is 35.5. The minimum atomic E-state index is -5.13. The zero-order valence-electron chi connectivity index (χ0n) is 20.7. The second kappa shape index (κ2) is 11.0. The van der Waals surface area contributed by atoms with Crippen LogP contribution in [0.5, 0.6) is 0 Å². The molecular weight excluding hydrogens is 507 g/mol. The molecule has 1 amide bonds. The minimum Gasteiger partial charge on any atom is -0.369 e. The highest BCUT2D eigenvalue weighted by Crippen LogP contribution is 2.42. The van der Waals surface area contributed by atoms with Crippen LogP contribution in [0, 0.1) is 18.8 Å². The van der Waals surface area contributed by atoms with Gasteiger partial charge in [0.05, 0.1) is 5.56 Å². The number of carbonyl (C=O) groups is 2. The van der Waals surface area contributed by atoms with E-state index in [9.17, 15) is 27.9 Å². The van der Waals surface area contributed by atoms with Crippen LogP contribution < -0.4 is 4.90 Å². The molecule has 1 aromatic heterocycles. The van der Waals surface area contributed by atoms with Crippen LogP contribution in [-0.4, -0.2) is 59.5 Å². The Balaban J connectivity index is 1.31. The number of aldehydes is 1. The fourth-order valence-electron chi connectivity index (χ4n) is 5.45. The van der Waals surface area contributed by atoms with Crippen LogP contribution in [0.25, 0.3) is 0 Å². The molecule has 3 heterocycles. The van der Waals surface area contributed by atoms with E-state index in [-0.39, 0.29) is 18.2 Å². The molecule has 0 bridgehead atoms. The number of hydrogen-bond donors (Lipinski definition) is 1. The molecule has 1 atom stereocenters. The van der Waals surface area contributed by atoms with Gasteiger partial charge in [0.1, 0.15) is 11.0 Å². The number of aromatic nitrogens is 1. The Kier molecular flexibility index (Phi) is 8.14. The summed E-state index contributed by atoms with van der Waals surface area (Å²) in [4.78, 5) is 31.6. The Morgan fingerprint density at radius 2 is 1.70 bits per heavy atom. The van der Waals surface area contributed by atoms with Gasteiger partial charge in [-0.15, -0.1) is 0 Å². The summed E-state index contributed by atoms with van der Waals surface area (Å²) in [5.41, 5.74) is -3.11. The van der Waals surface area contributed by atoms with Crippen LogP contribution in [0.3, 0.4) is 0 Å². The van der Waals surface area contributed by atoms with Crippen molar-refractivity contribution < 1.29 is 27.9 Å². The lowest BCUT2D eigenvalue weighted by Crippen LogP contribution is -2.57. The zero-order valence-corrected chi connectivity index (χ0v) is 21.4. The molecule has 2 fully saturated rings. The number of rotatable bonds is 6. The number of nitrogens with zero attached hydrogens (tertiary/aromatic N) is 3. The van der Waals surface area contributed by atoms with Crippen molar-refractivity contribution in [3.8, 4) is 0 Å². The summed E-state index contributed by atoms with van der Waals surface area (Å²) in [6.07, 6.45) is -0.373. The monoisotopic (exact) mass is 537 g/mol. The first-order valence-electron chi connectivity index (χ1n) is 12.5. The van der Waals surface area contributed by atoms with Gasteiger partial charge in [0, 0.05) is 31.7 Å². The lowest BCUT2D eigenvalue weighted by Gasteiger charge is -2.40. The summed E-state index contributed by atoms with van der Waals surface area (Å²) in [5.74, 6) is 0.237. The Morgan fingerprint density at radius 3 is 2.24 bits per heavy atom. The smallest absolute Gasteiger partial charge is 0.369 e. The van der Waals surface area contributed by atoms with Crippen molar-refractivity contribution in [2.24, 2.45) is 11.8 Å². The fourth-order valence-corrected chi connectivity index (χ4v) is 5.64. The van der Waals surface area contributed by atoms with Crippen LogP contribution in [0.1, 0.15) is 53.6 Å². The first-order chi connectivity index (χ1) is 17.5. The molecule has 200 valence electrons. The van der Waals surface area contributed by atoms with Gasteiger partial charge in [-0.25, -0.2) is 4.98 Å². The number of aryl methyl sites for hydroxylation is 1. The van der Waals surface area contributed by atoms with E-state index in [0.717, 1.165) is 49.1 Å². The van der Waals surface area contributed by atoms with Crippen LogP contribution >= 0.6 is 11.6 Å². The highest BCUT2D eigenvalue weighted by Gasteiger charge is 2.62. The second-order valence-electron chi connectivity index (χ2n) is 10.1. The quantitative estimate of drug-likeness (QED) is 0.407. The maximum atomic E-state index is 14.0. The van der Waals surface area contributed by atoms with Gasteiger partial charge < -0.3 is 14.9 Å². The van der Waals surface area contributed by atoms with Gasteiger partial charge in [0.15, 0.2) is 6.29 Å². The standard InChI is InChI=1S/C27H31ClF3N3O3/c1-18-3-2-4-22(15-18)26(37,27(29,30)31)25(36)34-13-9-20(10-14-34)16-19-7-11-33(12-8-19)23-6-5-21(17-35)24(28)32-23/h2-6,15,17,19-20,37H,7-14,16H2,1H3. The molecule has 1 unspecified atom stereocenters. The number of hydrogen-bond acceptors (Lipinski definition) is 5. The van der Waals surface area contributed by atoms with Gasteiger partial charge in [0.2, 0.25) is 0 Å². The van der Waals surface area contributed by atoms with E-state index < -0.39 is 23.2 Å². The molecule has 1 aromatic carbocycles. The molecule has 2 aliphatic heterocycles. The number of anilines is 1. The molecule has 10 heteroatoms. The molecule has 1 N–H and O–H groups in total. The molecule has 4 rings (SSSR count). The van der Waals surface area contributed by atoms with Gasteiger partial charge in [-0.2, -0.15) is 13.2 Å². The van der Waals surface area contributed by atoms with Crippen molar-refractivity contribution in [1.82, 2.24) is 9.88 Å². The van der Waals surface area contributed by atoms with Gasteiger partial charge >= 0.3 is 6.18 Å². The van der Waals surface area contributed by atoms with E-state index in [1.807, 2.05) is 0 Å². The number of likely N-dealkylation sites (tertiary alicyclic amines) is 1. The molecule has 6 nitrogen and oxygen atoms in total. The number of aliphatic hydroxyl groups is 1. The number of piperidine rings is 2. The Labute approximate surface area is 219 Å². The van der Waals surface area contributed by atoms with E-state index in [0.29, 0.717) is 42.1 Å². The Bertz CT molecular complexity index is 1130. The predicted octanol–water partition coefficient (Wildman–Crippen LogP) is 5.15. The molecule has 37 heavy (non-hydrogen) atoms. The van der Waals surface area contributed by atoms with Gasteiger partial charge in [-0.1, -0.05) is 41.4 Å². The number of amides is 1. The van der Waals surface area contributed by atoms with E-state index in [2.05, 4.69) is 9.88 Å². The van der Waals surface area contributed by atoms with E-state index >= 15 is 0 Å². The average Bonchev–Trinajstić information content (AvgIpc) is 2.88. The van der Waals surface area contributed by atoms with Gasteiger partial charge in [-0.3, -0.25) is 9.59 Å². The molecule has 0 radical (unpaired) electrons. The predicted molar refractivity (Wildman–Crippen MR) is 135 cm³/mol. The van der Waals surface area contributed by atoms with Crippen molar-refractivity contribution in [2.45, 2.75) is 50.8 Å². The average molecular weight is 538 g/mol. The summed E-state index contributed by atoms with van der Waals surface area (Å²) in [5, 5.41) is 10.9. The summed E-state index contributed by atoms with van der Waals surface area (Å²) >= 11 is 6.06. The van der Waals surface area contributed by atoms with Crippen LogP contribution in [0.4, 0.5) is 19.0 Å². The number of carbonyl (C=O) groups excluding carboxylic acids is 2. The summed E-state index contributed by atoms with van der Waals surface area (Å²) in [7, 11) is 0. The molecule has 2 aliphatic rings. The fraction of sp³-hybridized carbons (Fsp3) is 0.519.